The zero-order valence-corrected chi connectivity index (χ0v) is 21.0. The standard InChI is InChI=1S/C27H39N5O/c1-20(18-27(2,3)4)17-24(33)32-12-11-23-22(19-32)26(31-15-13-30(5)14-16-31)29-25(28-23)21-9-7-6-8-10-21/h6-10,20H,11-19H2,1-5H3. The predicted octanol–water partition coefficient (Wildman–Crippen LogP) is 4.24. The van der Waals surface area contributed by atoms with Crippen LogP contribution in [0.2, 0.25) is 0 Å². The van der Waals surface area contributed by atoms with Gasteiger partial charge in [-0.25, -0.2) is 9.97 Å². The lowest BCUT2D eigenvalue weighted by molar-refractivity contribution is -0.133. The van der Waals surface area contributed by atoms with E-state index in [0.29, 0.717) is 18.9 Å². The van der Waals surface area contributed by atoms with Gasteiger partial charge in [-0.2, -0.15) is 0 Å². The monoisotopic (exact) mass is 449 g/mol. The van der Waals surface area contributed by atoms with E-state index >= 15 is 0 Å². The number of amides is 1. The van der Waals surface area contributed by atoms with Crippen molar-refractivity contribution in [3.05, 3.63) is 41.6 Å². The number of benzene rings is 1. The molecule has 2 aliphatic heterocycles. The van der Waals surface area contributed by atoms with E-state index in [1.165, 1.54) is 0 Å². The van der Waals surface area contributed by atoms with Crippen LogP contribution in [0.5, 0.6) is 0 Å². The van der Waals surface area contributed by atoms with E-state index in [1.54, 1.807) is 0 Å². The molecule has 0 spiro atoms. The lowest BCUT2D eigenvalue weighted by Crippen LogP contribution is -2.46. The van der Waals surface area contributed by atoms with Crippen LogP contribution in [0.1, 0.15) is 51.8 Å². The number of nitrogens with zero attached hydrogens (tertiary/aromatic N) is 5. The highest BCUT2D eigenvalue weighted by Gasteiger charge is 2.30. The van der Waals surface area contributed by atoms with Crippen molar-refractivity contribution in [2.45, 2.75) is 53.5 Å². The molecule has 2 aliphatic rings. The molecule has 0 aliphatic carbocycles. The van der Waals surface area contributed by atoms with E-state index in [9.17, 15) is 4.79 Å². The molecule has 3 heterocycles. The molecule has 0 radical (unpaired) electrons. The van der Waals surface area contributed by atoms with Gasteiger partial charge < -0.3 is 14.7 Å². The maximum Gasteiger partial charge on any atom is 0.223 e. The summed E-state index contributed by atoms with van der Waals surface area (Å²) in [5.74, 6) is 2.45. The number of carbonyl (C=O) groups excluding carboxylic acids is 1. The van der Waals surface area contributed by atoms with E-state index in [1.807, 2.05) is 23.1 Å². The van der Waals surface area contributed by atoms with Crippen LogP contribution >= 0.6 is 0 Å². The van der Waals surface area contributed by atoms with Gasteiger partial charge in [0.25, 0.3) is 0 Å². The number of rotatable bonds is 5. The van der Waals surface area contributed by atoms with Gasteiger partial charge in [0.15, 0.2) is 5.82 Å². The summed E-state index contributed by atoms with van der Waals surface area (Å²) < 4.78 is 0. The van der Waals surface area contributed by atoms with Crippen LogP contribution in [0.4, 0.5) is 5.82 Å². The van der Waals surface area contributed by atoms with E-state index in [4.69, 9.17) is 9.97 Å². The molecule has 33 heavy (non-hydrogen) atoms. The van der Waals surface area contributed by atoms with E-state index in [2.05, 4.69) is 56.7 Å². The molecule has 0 bridgehead atoms. The molecule has 1 amide bonds. The normalized spacial score (nSPS) is 18.2. The van der Waals surface area contributed by atoms with Gasteiger partial charge in [-0.15, -0.1) is 0 Å². The molecule has 4 rings (SSSR count). The van der Waals surface area contributed by atoms with Gasteiger partial charge in [0.1, 0.15) is 5.82 Å². The number of hydrogen-bond acceptors (Lipinski definition) is 5. The Morgan fingerprint density at radius 3 is 2.39 bits per heavy atom. The topological polar surface area (TPSA) is 52.6 Å². The number of aromatic nitrogens is 2. The van der Waals surface area contributed by atoms with E-state index in [0.717, 1.165) is 74.0 Å². The number of anilines is 1. The number of carbonyl (C=O) groups is 1. The van der Waals surface area contributed by atoms with Crippen molar-refractivity contribution >= 4 is 11.7 Å². The minimum Gasteiger partial charge on any atom is -0.354 e. The van der Waals surface area contributed by atoms with Crippen molar-refractivity contribution in [3.8, 4) is 11.4 Å². The maximum absolute atomic E-state index is 13.2. The molecule has 1 aromatic heterocycles. The smallest absolute Gasteiger partial charge is 0.223 e. The third-order valence-corrected chi connectivity index (χ3v) is 6.71. The number of piperazine rings is 1. The fourth-order valence-electron chi connectivity index (χ4n) is 5.15. The fraction of sp³-hybridized carbons (Fsp3) is 0.593. The average molecular weight is 450 g/mol. The molecule has 1 atom stereocenters. The molecule has 2 aromatic rings. The van der Waals surface area contributed by atoms with Crippen LogP contribution < -0.4 is 4.90 Å². The molecule has 0 saturated carbocycles. The second-order valence-electron chi connectivity index (χ2n) is 11.1. The molecular formula is C27H39N5O. The number of hydrogen-bond donors (Lipinski definition) is 0. The molecule has 0 N–H and O–H groups in total. The van der Waals surface area contributed by atoms with Crippen molar-refractivity contribution in [1.82, 2.24) is 19.8 Å². The molecule has 1 aromatic carbocycles. The fourth-order valence-corrected chi connectivity index (χ4v) is 5.15. The molecule has 1 saturated heterocycles. The van der Waals surface area contributed by atoms with E-state index < -0.39 is 0 Å². The first kappa shape index (κ1) is 23.7. The Balaban J connectivity index is 1.60. The first-order valence-corrected chi connectivity index (χ1v) is 12.4. The van der Waals surface area contributed by atoms with Crippen molar-refractivity contribution < 1.29 is 4.79 Å². The second-order valence-corrected chi connectivity index (χ2v) is 11.1. The molecular weight excluding hydrogens is 410 g/mol. The summed E-state index contributed by atoms with van der Waals surface area (Å²) in [6.07, 6.45) is 2.45. The summed E-state index contributed by atoms with van der Waals surface area (Å²) in [6.45, 7) is 14.2. The van der Waals surface area contributed by atoms with Crippen LogP contribution in [0.25, 0.3) is 11.4 Å². The Bertz CT molecular complexity index is 960. The van der Waals surface area contributed by atoms with Crippen LogP contribution in [-0.2, 0) is 17.8 Å². The van der Waals surface area contributed by atoms with Gasteiger partial charge in [0.2, 0.25) is 5.91 Å². The first-order chi connectivity index (χ1) is 15.7. The Kier molecular flexibility index (Phi) is 7.03. The van der Waals surface area contributed by atoms with Crippen molar-refractivity contribution in [3.63, 3.8) is 0 Å². The van der Waals surface area contributed by atoms with Crippen molar-refractivity contribution in [2.24, 2.45) is 11.3 Å². The summed E-state index contributed by atoms with van der Waals surface area (Å²) in [7, 11) is 2.17. The number of likely N-dealkylation sites (N-methyl/N-ethyl adjacent to an activating group) is 1. The van der Waals surface area contributed by atoms with E-state index in [-0.39, 0.29) is 11.3 Å². The third-order valence-electron chi connectivity index (χ3n) is 6.71. The summed E-state index contributed by atoms with van der Waals surface area (Å²) in [5.41, 5.74) is 3.53. The van der Waals surface area contributed by atoms with Crippen molar-refractivity contribution in [2.75, 3.05) is 44.7 Å². The molecule has 1 fully saturated rings. The zero-order chi connectivity index (χ0) is 23.6. The molecule has 178 valence electrons. The van der Waals surface area contributed by atoms with Crippen LogP contribution in [-0.4, -0.2) is 65.4 Å². The second kappa shape index (κ2) is 9.80. The van der Waals surface area contributed by atoms with Gasteiger partial charge in [-0.1, -0.05) is 58.0 Å². The summed E-state index contributed by atoms with van der Waals surface area (Å²) in [4.78, 5) is 30.0. The average Bonchev–Trinajstić information content (AvgIpc) is 2.78. The molecule has 6 heteroatoms. The Labute approximate surface area is 199 Å². The summed E-state index contributed by atoms with van der Waals surface area (Å²) >= 11 is 0. The zero-order valence-electron chi connectivity index (χ0n) is 21.0. The Hall–Kier alpha value is -2.47. The van der Waals surface area contributed by atoms with Crippen LogP contribution in [0.15, 0.2) is 30.3 Å². The summed E-state index contributed by atoms with van der Waals surface area (Å²) in [6, 6.07) is 10.2. The van der Waals surface area contributed by atoms with Crippen molar-refractivity contribution in [1.29, 1.82) is 0 Å². The maximum atomic E-state index is 13.2. The van der Waals surface area contributed by atoms with Gasteiger partial charge in [0.05, 0.1) is 12.2 Å². The molecule has 1 unspecified atom stereocenters. The number of fused-ring (bicyclic) bond motifs is 1. The Morgan fingerprint density at radius 1 is 1.03 bits per heavy atom. The molecule has 6 nitrogen and oxygen atoms in total. The predicted molar refractivity (Wildman–Crippen MR) is 134 cm³/mol. The first-order valence-electron chi connectivity index (χ1n) is 12.4. The van der Waals surface area contributed by atoms with Gasteiger partial charge in [-0.3, -0.25) is 4.79 Å². The van der Waals surface area contributed by atoms with Crippen LogP contribution in [0, 0.1) is 11.3 Å². The largest absolute Gasteiger partial charge is 0.354 e. The van der Waals surface area contributed by atoms with Gasteiger partial charge in [-0.05, 0) is 24.8 Å². The quantitative estimate of drug-likeness (QED) is 0.683. The van der Waals surface area contributed by atoms with Gasteiger partial charge in [0, 0.05) is 56.7 Å². The highest BCUT2D eigenvalue weighted by atomic mass is 16.2. The SMILES string of the molecule is CC(CC(=O)N1CCc2nc(-c3ccccc3)nc(N3CCN(C)CC3)c2C1)CC(C)(C)C. The Morgan fingerprint density at radius 2 is 1.73 bits per heavy atom. The third kappa shape index (κ3) is 5.91. The highest BCUT2D eigenvalue weighted by Crippen LogP contribution is 2.32. The lowest BCUT2D eigenvalue weighted by atomic mass is 9.84. The van der Waals surface area contributed by atoms with Crippen LogP contribution in [0.3, 0.4) is 0 Å². The minimum atomic E-state index is 0.241. The van der Waals surface area contributed by atoms with Gasteiger partial charge >= 0.3 is 0 Å². The summed E-state index contributed by atoms with van der Waals surface area (Å²) in [5, 5.41) is 0. The highest BCUT2D eigenvalue weighted by molar-refractivity contribution is 5.77. The lowest BCUT2D eigenvalue weighted by Gasteiger charge is -2.37. The minimum absolute atomic E-state index is 0.241.